The Balaban J connectivity index is 2.45. The number of anilines is 1. The molecule has 1 aliphatic rings. The van der Waals surface area contributed by atoms with Gasteiger partial charge < -0.3 is 19.5 Å². The maximum Gasteiger partial charge on any atom is 0.337 e. The van der Waals surface area contributed by atoms with Crippen LogP contribution >= 0.6 is 0 Å². The van der Waals surface area contributed by atoms with Crippen LogP contribution in [-0.2, 0) is 9.53 Å². The second-order valence-electron chi connectivity index (χ2n) is 3.79. The van der Waals surface area contributed by atoms with Crippen LogP contribution in [0.15, 0.2) is 18.2 Å². The summed E-state index contributed by atoms with van der Waals surface area (Å²) >= 11 is 0. The van der Waals surface area contributed by atoms with Gasteiger partial charge in [0.05, 0.1) is 25.0 Å². The lowest BCUT2D eigenvalue weighted by atomic mass is 10.1. The molecule has 0 aliphatic carbocycles. The zero-order chi connectivity index (χ0) is 13.1. The van der Waals surface area contributed by atoms with Gasteiger partial charge in [0.25, 0.3) is 5.91 Å². The van der Waals surface area contributed by atoms with Crippen LogP contribution < -0.4 is 9.64 Å². The molecule has 1 N–H and O–H groups in total. The average molecular weight is 251 g/mol. The Bertz CT molecular complexity index is 485. The van der Waals surface area contributed by atoms with E-state index in [1.807, 2.05) is 0 Å². The summed E-state index contributed by atoms with van der Waals surface area (Å²) in [4.78, 5) is 24.3. The summed E-state index contributed by atoms with van der Waals surface area (Å²) in [6, 6.07) is 4.53. The van der Waals surface area contributed by atoms with Gasteiger partial charge in [-0.2, -0.15) is 0 Å². The fourth-order valence-corrected chi connectivity index (χ4v) is 1.82. The van der Waals surface area contributed by atoms with E-state index >= 15 is 0 Å². The smallest absolute Gasteiger partial charge is 0.337 e. The summed E-state index contributed by atoms with van der Waals surface area (Å²) in [6.07, 6.45) is 0. The quantitative estimate of drug-likeness (QED) is 0.858. The van der Waals surface area contributed by atoms with Gasteiger partial charge in [-0.15, -0.1) is 0 Å². The van der Waals surface area contributed by atoms with Gasteiger partial charge in [0.15, 0.2) is 0 Å². The monoisotopic (exact) mass is 251 g/mol. The number of amides is 1. The molecule has 0 unspecified atom stereocenters. The van der Waals surface area contributed by atoms with Crippen molar-refractivity contribution in [3.05, 3.63) is 23.8 Å². The van der Waals surface area contributed by atoms with Gasteiger partial charge in [0, 0.05) is 12.6 Å². The summed E-state index contributed by atoms with van der Waals surface area (Å²) in [5, 5.41) is 9.14. The third-order valence-electron chi connectivity index (χ3n) is 2.71. The fraction of sp³-hybridized carbons (Fsp3) is 0.333. The number of hydrogen-bond donors (Lipinski definition) is 1. The molecule has 0 spiro atoms. The summed E-state index contributed by atoms with van der Waals surface area (Å²) in [6.45, 7) is 0.699. The van der Waals surface area contributed by atoms with Gasteiger partial charge in [-0.05, 0) is 12.1 Å². The van der Waals surface area contributed by atoms with Gasteiger partial charge in [0.2, 0.25) is 0 Å². The predicted octanol–water partition coefficient (Wildman–Crippen LogP) is 0.757. The number of aromatic carboxylic acids is 1. The van der Waals surface area contributed by atoms with E-state index in [4.69, 9.17) is 14.6 Å². The molecule has 6 nitrogen and oxygen atoms in total. The SMILES string of the molecule is COc1ccc(C(=O)O)c(N2CCOCC2=O)c1. The third kappa shape index (κ3) is 2.28. The third-order valence-corrected chi connectivity index (χ3v) is 2.71. The van der Waals surface area contributed by atoms with Crippen LogP contribution in [0.2, 0.25) is 0 Å². The lowest BCUT2D eigenvalue weighted by Gasteiger charge is -2.28. The van der Waals surface area contributed by atoms with Gasteiger partial charge in [0.1, 0.15) is 12.4 Å². The Labute approximate surface area is 104 Å². The predicted molar refractivity (Wildman–Crippen MR) is 63.1 cm³/mol. The van der Waals surface area contributed by atoms with Gasteiger partial charge in [-0.3, -0.25) is 4.79 Å². The van der Waals surface area contributed by atoms with Crippen molar-refractivity contribution in [2.24, 2.45) is 0 Å². The topological polar surface area (TPSA) is 76.1 Å². The fourth-order valence-electron chi connectivity index (χ4n) is 1.82. The molecule has 1 heterocycles. The van der Waals surface area contributed by atoms with Crippen molar-refractivity contribution in [1.29, 1.82) is 0 Å². The van der Waals surface area contributed by atoms with Gasteiger partial charge >= 0.3 is 5.97 Å². The molecule has 0 bridgehead atoms. The standard InChI is InChI=1S/C12H13NO5/c1-17-8-2-3-9(12(15)16)10(6-8)13-4-5-18-7-11(13)14/h2-3,6H,4-5,7H2,1H3,(H,15,16). The molecule has 0 saturated carbocycles. The summed E-state index contributed by atoms with van der Waals surface area (Å²) in [5.41, 5.74) is 0.418. The van der Waals surface area contributed by atoms with Crippen LogP contribution in [-0.4, -0.2) is 43.9 Å². The zero-order valence-electron chi connectivity index (χ0n) is 9.88. The molecular weight excluding hydrogens is 238 g/mol. The lowest BCUT2D eigenvalue weighted by Crippen LogP contribution is -2.42. The first-order valence-corrected chi connectivity index (χ1v) is 5.43. The number of rotatable bonds is 3. The number of hydrogen-bond acceptors (Lipinski definition) is 4. The zero-order valence-corrected chi connectivity index (χ0v) is 9.88. The van der Waals surface area contributed by atoms with Gasteiger partial charge in [-0.25, -0.2) is 4.79 Å². The van der Waals surface area contributed by atoms with E-state index in [0.29, 0.717) is 24.6 Å². The highest BCUT2D eigenvalue weighted by atomic mass is 16.5. The Morgan fingerprint density at radius 1 is 1.50 bits per heavy atom. The van der Waals surface area contributed by atoms with Crippen molar-refractivity contribution in [2.75, 3.05) is 31.8 Å². The van der Waals surface area contributed by atoms with Crippen LogP contribution in [0.5, 0.6) is 5.75 Å². The molecule has 2 rings (SSSR count). The first-order valence-electron chi connectivity index (χ1n) is 5.43. The largest absolute Gasteiger partial charge is 0.497 e. The highest BCUT2D eigenvalue weighted by Gasteiger charge is 2.25. The first kappa shape index (κ1) is 12.4. The highest BCUT2D eigenvalue weighted by Crippen LogP contribution is 2.27. The number of carboxylic acid groups (broad SMARTS) is 1. The van der Waals surface area contributed by atoms with Crippen molar-refractivity contribution in [1.82, 2.24) is 0 Å². The van der Waals surface area contributed by atoms with Crippen molar-refractivity contribution in [3.63, 3.8) is 0 Å². The van der Waals surface area contributed by atoms with Crippen LogP contribution in [0, 0.1) is 0 Å². The van der Waals surface area contributed by atoms with Crippen LogP contribution in [0.4, 0.5) is 5.69 Å². The summed E-state index contributed by atoms with van der Waals surface area (Å²) in [5.74, 6) is -0.821. The number of carboxylic acids is 1. The Morgan fingerprint density at radius 3 is 2.89 bits per heavy atom. The van der Waals surface area contributed by atoms with Crippen LogP contribution in [0.3, 0.4) is 0 Å². The van der Waals surface area contributed by atoms with E-state index in [2.05, 4.69) is 0 Å². The number of carbonyl (C=O) groups is 2. The number of benzene rings is 1. The van der Waals surface area contributed by atoms with Crippen molar-refractivity contribution in [2.45, 2.75) is 0 Å². The Morgan fingerprint density at radius 2 is 2.28 bits per heavy atom. The van der Waals surface area contributed by atoms with Gasteiger partial charge in [-0.1, -0.05) is 0 Å². The molecule has 1 fully saturated rings. The van der Waals surface area contributed by atoms with Crippen molar-refractivity contribution < 1.29 is 24.2 Å². The number of nitrogens with zero attached hydrogens (tertiary/aromatic N) is 1. The summed E-state index contributed by atoms with van der Waals surface area (Å²) in [7, 11) is 1.49. The minimum atomic E-state index is -1.08. The second kappa shape index (κ2) is 5.05. The normalized spacial score (nSPS) is 15.6. The molecule has 0 aromatic heterocycles. The van der Waals surface area contributed by atoms with Crippen LogP contribution in [0.1, 0.15) is 10.4 Å². The molecule has 0 atom stereocenters. The van der Waals surface area contributed by atoms with E-state index in [0.717, 1.165) is 0 Å². The summed E-state index contributed by atoms with van der Waals surface area (Å²) < 4.78 is 10.1. The Kier molecular flexibility index (Phi) is 3.47. The molecule has 1 aromatic carbocycles. The van der Waals surface area contributed by atoms with Crippen molar-refractivity contribution in [3.8, 4) is 5.75 Å². The minimum absolute atomic E-state index is 0.0315. The number of methoxy groups -OCH3 is 1. The second-order valence-corrected chi connectivity index (χ2v) is 3.79. The number of carbonyl (C=O) groups excluding carboxylic acids is 1. The molecule has 6 heteroatoms. The van der Waals surface area contributed by atoms with E-state index in [1.54, 1.807) is 12.1 Å². The van der Waals surface area contributed by atoms with E-state index in [9.17, 15) is 9.59 Å². The molecule has 1 aromatic rings. The Hall–Kier alpha value is -2.08. The molecule has 0 radical (unpaired) electrons. The van der Waals surface area contributed by atoms with E-state index in [-0.39, 0.29) is 18.1 Å². The maximum atomic E-state index is 11.7. The molecule has 96 valence electrons. The molecule has 18 heavy (non-hydrogen) atoms. The average Bonchev–Trinajstić information content (AvgIpc) is 2.38. The molecule has 1 aliphatic heterocycles. The highest BCUT2D eigenvalue weighted by molar-refractivity contribution is 6.02. The first-order chi connectivity index (χ1) is 8.63. The molecule has 1 saturated heterocycles. The van der Waals surface area contributed by atoms with E-state index in [1.165, 1.54) is 18.1 Å². The minimum Gasteiger partial charge on any atom is -0.497 e. The molecule has 1 amide bonds. The maximum absolute atomic E-state index is 11.7. The van der Waals surface area contributed by atoms with E-state index < -0.39 is 5.97 Å². The molecular formula is C12H13NO5. The number of morpholine rings is 1. The lowest BCUT2D eigenvalue weighted by molar-refractivity contribution is -0.125. The van der Waals surface area contributed by atoms with Crippen LogP contribution in [0.25, 0.3) is 0 Å². The van der Waals surface area contributed by atoms with Crippen molar-refractivity contribution >= 4 is 17.6 Å². The number of ether oxygens (including phenoxy) is 2.